The van der Waals surface area contributed by atoms with Crippen molar-refractivity contribution in [2.24, 2.45) is 0 Å². The Labute approximate surface area is 164 Å². The Morgan fingerprint density at radius 3 is 2.63 bits per heavy atom. The molecule has 2 heterocycles. The summed E-state index contributed by atoms with van der Waals surface area (Å²) in [5, 5.41) is 4.38. The zero-order chi connectivity index (χ0) is 20.2. The lowest BCUT2D eigenvalue weighted by molar-refractivity contribution is -0.146. The number of ether oxygens (including phenoxy) is 2. The highest BCUT2D eigenvalue weighted by Gasteiger charge is 2.44. The summed E-state index contributed by atoms with van der Waals surface area (Å²) in [6, 6.07) is 1.93. The van der Waals surface area contributed by atoms with E-state index in [4.69, 9.17) is 4.74 Å². The van der Waals surface area contributed by atoms with Crippen LogP contribution < -0.4 is 5.32 Å². The van der Waals surface area contributed by atoms with Gasteiger partial charge in [-0.2, -0.15) is 0 Å². The van der Waals surface area contributed by atoms with Crippen molar-refractivity contribution in [3.05, 3.63) is 21.9 Å². The summed E-state index contributed by atoms with van der Waals surface area (Å²) >= 11 is 1.36. The first-order chi connectivity index (χ1) is 12.6. The number of methoxy groups -OCH3 is 2. The molecular weight excluding hydrogens is 384 g/mol. The highest BCUT2D eigenvalue weighted by atomic mass is 32.1. The molecule has 146 valence electrons. The third-order valence-corrected chi connectivity index (χ3v) is 5.81. The van der Waals surface area contributed by atoms with Gasteiger partial charge in [-0.15, -0.1) is 16.9 Å². The van der Waals surface area contributed by atoms with Crippen LogP contribution in [0.2, 0.25) is 19.6 Å². The molecule has 1 aliphatic heterocycles. The molecular formula is C18H24N2O5SSi. The van der Waals surface area contributed by atoms with Crippen LogP contribution in [0.5, 0.6) is 0 Å². The minimum atomic E-state index is -1.88. The van der Waals surface area contributed by atoms with Gasteiger partial charge in [0.25, 0.3) is 5.91 Å². The van der Waals surface area contributed by atoms with Crippen LogP contribution in [0.4, 0.5) is 4.79 Å². The molecule has 1 unspecified atom stereocenters. The molecule has 0 bridgehead atoms. The normalized spacial score (nSPS) is 15.7. The Balaban J connectivity index is 2.44. The van der Waals surface area contributed by atoms with E-state index in [9.17, 15) is 14.4 Å². The highest BCUT2D eigenvalue weighted by molar-refractivity contribution is 7.12. The van der Waals surface area contributed by atoms with E-state index in [1.54, 1.807) is 0 Å². The number of carbonyl (C=O) groups is 3. The van der Waals surface area contributed by atoms with Crippen molar-refractivity contribution in [3.63, 3.8) is 0 Å². The fourth-order valence-electron chi connectivity index (χ4n) is 2.63. The lowest BCUT2D eigenvalue weighted by Crippen LogP contribution is -2.62. The number of nitrogens with one attached hydrogen (secondary N) is 1. The van der Waals surface area contributed by atoms with Crippen molar-refractivity contribution < 1.29 is 23.9 Å². The number of rotatable bonds is 4. The van der Waals surface area contributed by atoms with Gasteiger partial charge in [-0.25, -0.2) is 9.59 Å². The number of hydrogen-bond donors (Lipinski definition) is 1. The summed E-state index contributed by atoms with van der Waals surface area (Å²) < 4.78 is 9.60. The number of carbonyl (C=O) groups excluding carboxylic acids is 3. The lowest BCUT2D eigenvalue weighted by Gasteiger charge is -2.34. The monoisotopic (exact) mass is 408 g/mol. The molecule has 0 saturated heterocycles. The van der Waals surface area contributed by atoms with E-state index >= 15 is 0 Å². The summed E-state index contributed by atoms with van der Waals surface area (Å²) in [7, 11) is 0.547. The summed E-state index contributed by atoms with van der Waals surface area (Å²) in [5.41, 5.74) is 2.42. The minimum Gasteiger partial charge on any atom is -0.466 e. The second kappa shape index (κ2) is 8.15. The molecule has 0 saturated carbocycles. The van der Waals surface area contributed by atoms with E-state index < -0.39 is 25.7 Å². The lowest BCUT2D eigenvalue weighted by atomic mass is 9.98. The van der Waals surface area contributed by atoms with Gasteiger partial charge in [0.15, 0.2) is 0 Å². The zero-order valence-corrected chi connectivity index (χ0v) is 18.0. The van der Waals surface area contributed by atoms with Gasteiger partial charge in [-0.3, -0.25) is 10.1 Å². The first kappa shape index (κ1) is 21.0. The molecule has 1 N–H and O–H groups in total. The van der Waals surface area contributed by atoms with Crippen LogP contribution in [0.15, 0.2) is 11.4 Å². The van der Waals surface area contributed by atoms with Crippen molar-refractivity contribution in [2.45, 2.75) is 31.6 Å². The molecule has 7 nitrogen and oxygen atoms in total. The molecule has 2 rings (SSSR count). The van der Waals surface area contributed by atoms with Gasteiger partial charge < -0.3 is 14.4 Å². The number of amides is 2. The number of thiophene rings is 1. The van der Waals surface area contributed by atoms with Crippen LogP contribution >= 0.6 is 11.3 Å². The standard InChI is InChI=1S/C18H24N2O5SSi/c1-24-16(22)18(19-17(23)25-2,8-11-27(3,4)5)12-20-9-6-13-7-10-26-14(13)15(20)21/h7,10H,6,9,12H2,1-5H3,(H,19,23). The molecule has 0 fully saturated rings. The Kier molecular flexibility index (Phi) is 6.33. The van der Waals surface area contributed by atoms with Gasteiger partial charge in [0.2, 0.25) is 5.54 Å². The predicted molar refractivity (Wildman–Crippen MR) is 105 cm³/mol. The van der Waals surface area contributed by atoms with Crippen molar-refractivity contribution in [1.82, 2.24) is 10.2 Å². The average molecular weight is 409 g/mol. The second-order valence-corrected chi connectivity index (χ2v) is 12.9. The van der Waals surface area contributed by atoms with E-state index in [1.165, 1.54) is 30.5 Å². The van der Waals surface area contributed by atoms with E-state index in [0.717, 1.165) is 5.56 Å². The first-order valence-electron chi connectivity index (χ1n) is 8.46. The Morgan fingerprint density at radius 1 is 1.33 bits per heavy atom. The molecule has 2 amide bonds. The first-order valence-corrected chi connectivity index (χ1v) is 12.8. The maximum atomic E-state index is 12.8. The van der Waals surface area contributed by atoms with Gasteiger partial charge in [-0.1, -0.05) is 25.6 Å². The molecule has 1 atom stereocenters. The molecule has 0 aliphatic carbocycles. The molecule has 0 radical (unpaired) electrons. The van der Waals surface area contributed by atoms with Crippen molar-refractivity contribution >= 4 is 37.4 Å². The number of esters is 1. The summed E-state index contributed by atoms with van der Waals surface area (Å²) in [5.74, 6) is 2.00. The van der Waals surface area contributed by atoms with E-state index in [-0.39, 0.29) is 12.5 Å². The number of nitrogens with zero attached hydrogens (tertiary/aromatic N) is 1. The SMILES string of the molecule is COC(=O)NC(C#C[Si](C)(C)C)(CN1CCc2ccsc2C1=O)C(=O)OC. The molecule has 0 spiro atoms. The third-order valence-electron chi connectivity index (χ3n) is 3.99. The van der Waals surface area contributed by atoms with Crippen LogP contribution in [0.3, 0.4) is 0 Å². The predicted octanol–water partition coefficient (Wildman–Crippen LogP) is 1.89. The Morgan fingerprint density at radius 2 is 2.04 bits per heavy atom. The Hall–Kier alpha value is -2.31. The van der Waals surface area contributed by atoms with Gasteiger partial charge in [0, 0.05) is 6.54 Å². The van der Waals surface area contributed by atoms with Crippen molar-refractivity contribution in [2.75, 3.05) is 27.3 Å². The molecule has 1 aromatic heterocycles. The van der Waals surface area contributed by atoms with E-state index in [1.807, 2.05) is 31.1 Å². The summed E-state index contributed by atoms with van der Waals surface area (Å²) in [6.45, 7) is 6.37. The summed E-state index contributed by atoms with van der Waals surface area (Å²) in [6.07, 6.45) is -0.131. The van der Waals surface area contributed by atoms with Crippen LogP contribution in [0.25, 0.3) is 0 Å². The molecule has 1 aromatic rings. The van der Waals surface area contributed by atoms with Gasteiger partial charge >= 0.3 is 12.1 Å². The number of fused-ring (bicyclic) bond motifs is 1. The minimum absolute atomic E-state index is 0.109. The summed E-state index contributed by atoms with van der Waals surface area (Å²) in [4.78, 5) is 39.6. The zero-order valence-electron chi connectivity index (χ0n) is 16.2. The topological polar surface area (TPSA) is 84.9 Å². The molecule has 0 aromatic carbocycles. The van der Waals surface area contributed by atoms with Crippen LogP contribution in [0.1, 0.15) is 15.2 Å². The van der Waals surface area contributed by atoms with Gasteiger partial charge in [0.1, 0.15) is 8.07 Å². The number of alkyl carbamates (subject to hydrolysis) is 1. The largest absolute Gasteiger partial charge is 0.466 e. The smallest absolute Gasteiger partial charge is 0.408 e. The van der Waals surface area contributed by atoms with E-state index in [2.05, 4.69) is 21.5 Å². The Bertz CT molecular complexity index is 805. The molecule has 27 heavy (non-hydrogen) atoms. The average Bonchev–Trinajstić information content (AvgIpc) is 3.10. The van der Waals surface area contributed by atoms with Crippen molar-refractivity contribution in [1.29, 1.82) is 0 Å². The highest BCUT2D eigenvalue weighted by Crippen LogP contribution is 2.25. The molecule has 9 heteroatoms. The second-order valence-electron chi connectivity index (χ2n) is 7.27. The fraction of sp³-hybridized carbons (Fsp3) is 0.500. The van der Waals surface area contributed by atoms with Gasteiger partial charge in [0.05, 0.1) is 25.6 Å². The fourth-order valence-corrected chi connectivity index (χ4v) is 4.14. The van der Waals surface area contributed by atoms with Crippen molar-refractivity contribution in [3.8, 4) is 11.5 Å². The molecule has 1 aliphatic rings. The third kappa shape index (κ3) is 4.90. The van der Waals surface area contributed by atoms with Crippen LogP contribution in [0, 0.1) is 11.5 Å². The van der Waals surface area contributed by atoms with Crippen LogP contribution in [-0.2, 0) is 20.7 Å². The van der Waals surface area contributed by atoms with Gasteiger partial charge in [-0.05, 0) is 23.4 Å². The maximum absolute atomic E-state index is 12.8. The van der Waals surface area contributed by atoms with Crippen LogP contribution in [-0.4, -0.2) is 63.8 Å². The van der Waals surface area contributed by atoms with E-state index in [0.29, 0.717) is 17.8 Å². The number of hydrogen-bond acceptors (Lipinski definition) is 6. The quantitative estimate of drug-likeness (QED) is 0.467. The maximum Gasteiger partial charge on any atom is 0.408 e.